The maximum absolute atomic E-state index is 10.0. The van der Waals surface area contributed by atoms with Crippen molar-refractivity contribution in [2.75, 3.05) is 5.75 Å². The first-order valence-electron chi connectivity index (χ1n) is 4.82. The number of rotatable bonds is 2. The summed E-state index contributed by atoms with van der Waals surface area (Å²) in [7, 11) is 0. The van der Waals surface area contributed by atoms with Crippen molar-refractivity contribution in [1.82, 2.24) is 0 Å². The molecule has 1 aliphatic heterocycles. The second-order valence-electron chi connectivity index (χ2n) is 3.55. The summed E-state index contributed by atoms with van der Waals surface area (Å²) in [6.07, 6.45) is 2.01. The van der Waals surface area contributed by atoms with Gasteiger partial charge in [0.15, 0.2) is 0 Å². The van der Waals surface area contributed by atoms with E-state index >= 15 is 0 Å². The van der Waals surface area contributed by atoms with Crippen LogP contribution in [0, 0.1) is 0 Å². The van der Waals surface area contributed by atoms with Crippen molar-refractivity contribution in [3.05, 3.63) is 34.9 Å². The summed E-state index contributed by atoms with van der Waals surface area (Å²) in [5, 5.41) is 11.1. The molecule has 1 N–H and O–H groups in total. The quantitative estimate of drug-likeness (QED) is 0.839. The predicted octanol–water partition coefficient (Wildman–Crippen LogP) is 3.27. The molecule has 0 amide bonds. The van der Waals surface area contributed by atoms with Crippen molar-refractivity contribution in [2.24, 2.45) is 0 Å². The van der Waals surface area contributed by atoms with Gasteiger partial charge in [0.05, 0.1) is 6.10 Å². The van der Waals surface area contributed by atoms with Gasteiger partial charge in [0.1, 0.15) is 0 Å². The Labute approximate surface area is 93.5 Å². The lowest BCUT2D eigenvalue weighted by atomic mass is 10.0. The summed E-state index contributed by atoms with van der Waals surface area (Å²) in [5.41, 5.74) is 0.980. The third-order valence-electron chi connectivity index (χ3n) is 2.53. The van der Waals surface area contributed by atoms with Crippen LogP contribution in [0.5, 0.6) is 0 Å². The highest BCUT2D eigenvalue weighted by Crippen LogP contribution is 2.35. The number of aliphatic hydroxyl groups excluding tert-OH is 1. The largest absolute Gasteiger partial charge is 0.387 e. The summed E-state index contributed by atoms with van der Waals surface area (Å²) in [6.45, 7) is 0. The second kappa shape index (κ2) is 4.56. The molecule has 76 valence electrons. The minimum atomic E-state index is -0.334. The van der Waals surface area contributed by atoms with Gasteiger partial charge in [-0.1, -0.05) is 23.7 Å². The SMILES string of the molecule is OC(c1ccc(Cl)cc1)C1CCCS1. The summed E-state index contributed by atoms with van der Waals surface area (Å²) in [5.74, 6) is 1.18. The van der Waals surface area contributed by atoms with Crippen LogP contribution in [0.15, 0.2) is 24.3 Å². The number of hydrogen-bond donors (Lipinski definition) is 1. The Balaban J connectivity index is 2.09. The van der Waals surface area contributed by atoms with Crippen LogP contribution in [0.4, 0.5) is 0 Å². The molecule has 3 heteroatoms. The van der Waals surface area contributed by atoms with Crippen molar-refractivity contribution in [2.45, 2.75) is 24.2 Å². The van der Waals surface area contributed by atoms with Gasteiger partial charge < -0.3 is 5.11 Å². The lowest BCUT2D eigenvalue weighted by Crippen LogP contribution is -2.11. The van der Waals surface area contributed by atoms with Gasteiger partial charge in [-0.3, -0.25) is 0 Å². The lowest BCUT2D eigenvalue weighted by molar-refractivity contribution is 0.173. The van der Waals surface area contributed by atoms with Gasteiger partial charge in [-0.25, -0.2) is 0 Å². The highest BCUT2D eigenvalue weighted by Gasteiger charge is 2.24. The summed E-state index contributed by atoms with van der Waals surface area (Å²) in [6, 6.07) is 7.48. The fourth-order valence-corrected chi connectivity index (χ4v) is 3.16. The number of thioether (sulfide) groups is 1. The number of aliphatic hydroxyl groups is 1. The fraction of sp³-hybridized carbons (Fsp3) is 0.455. The lowest BCUT2D eigenvalue weighted by Gasteiger charge is -2.17. The zero-order valence-corrected chi connectivity index (χ0v) is 9.39. The van der Waals surface area contributed by atoms with E-state index in [4.69, 9.17) is 11.6 Å². The van der Waals surface area contributed by atoms with Crippen molar-refractivity contribution in [3.8, 4) is 0 Å². The molecule has 1 fully saturated rings. The van der Waals surface area contributed by atoms with Gasteiger partial charge in [-0.2, -0.15) is 11.8 Å². The second-order valence-corrected chi connectivity index (χ2v) is 5.33. The monoisotopic (exact) mass is 228 g/mol. The number of benzene rings is 1. The van der Waals surface area contributed by atoms with Gasteiger partial charge in [0.25, 0.3) is 0 Å². The first-order chi connectivity index (χ1) is 6.77. The molecule has 0 saturated carbocycles. The van der Waals surface area contributed by atoms with Crippen molar-refractivity contribution in [1.29, 1.82) is 0 Å². The Morgan fingerprint density at radius 3 is 2.64 bits per heavy atom. The first kappa shape index (κ1) is 10.3. The van der Waals surface area contributed by atoms with Crippen LogP contribution in [0.3, 0.4) is 0 Å². The number of hydrogen-bond acceptors (Lipinski definition) is 2. The molecule has 0 aromatic heterocycles. The Morgan fingerprint density at radius 2 is 2.07 bits per heavy atom. The van der Waals surface area contributed by atoms with E-state index in [-0.39, 0.29) is 6.10 Å². The Bertz CT molecular complexity index is 293. The maximum atomic E-state index is 10.0. The van der Waals surface area contributed by atoms with Crippen molar-refractivity contribution in [3.63, 3.8) is 0 Å². The van der Waals surface area contributed by atoms with Crippen LogP contribution in [-0.4, -0.2) is 16.1 Å². The van der Waals surface area contributed by atoms with Crippen LogP contribution in [0.1, 0.15) is 24.5 Å². The molecule has 1 aliphatic rings. The standard InChI is InChI=1S/C11H13ClOS/c12-9-5-3-8(4-6-9)11(13)10-2-1-7-14-10/h3-6,10-11,13H,1-2,7H2. The van der Waals surface area contributed by atoms with Crippen molar-refractivity contribution >= 4 is 23.4 Å². The molecule has 2 rings (SSSR count). The highest BCUT2D eigenvalue weighted by molar-refractivity contribution is 8.00. The van der Waals surface area contributed by atoms with E-state index in [1.807, 2.05) is 36.0 Å². The molecular formula is C11H13ClOS. The van der Waals surface area contributed by atoms with E-state index in [2.05, 4.69) is 0 Å². The molecule has 0 radical (unpaired) electrons. The normalized spacial score (nSPS) is 23.7. The smallest absolute Gasteiger partial charge is 0.0908 e. The predicted molar refractivity (Wildman–Crippen MR) is 61.9 cm³/mol. The first-order valence-corrected chi connectivity index (χ1v) is 6.25. The molecule has 1 aromatic rings. The zero-order chi connectivity index (χ0) is 9.97. The molecule has 1 aromatic carbocycles. The van der Waals surface area contributed by atoms with Crippen LogP contribution >= 0.6 is 23.4 Å². The Morgan fingerprint density at radius 1 is 1.36 bits per heavy atom. The summed E-state index contributed by atoms with van der Waals surface area (Å²) < 4.78 is 0. The molecule has 1 saturated heterocycles. The molecule has 0 aliphatic carbocycles. The maximum Gasteiger partial charge on any atom is 0.0908 e. The fourth-order valence-electron chi connectivity index (χ4n) is 1.73. The van der Waals surface area contributed by atoms with E-state index in [1.54, 1.807) is 0 Å². The molecule has 1 nitrogen and oxygen atoms in total. The average Bonchev–Trinajstić information content (AvgIpc) is 2.71. The molecule has 2 unspecified atom stereocenters. The van der Waals surface area contributed by atoms with Crippen LogP contribution in [0.25, 0.3) is 0 Å². The summed E-state index contributed by atoms with van der Waals surface area (Å²) in [4.78, 5) is 0. The topological polar surface area (TPSA) is 20.2 Å². The molecule has 2 atom stereocenters. The van der Waals surface area contributed by atoms with Crippen LogP contribution in [-0.2, 0) is 0 Å². The van der Waals surface area contributed by atoms with E-state index < -0.39 is 0 Å². The van der Waals surface area contributed by atoms with E-state index in [9.17, 15) is 5.11 Å². The minimum Gasteiger partial charge on any atom is -0.387 e. The average molecular weight is 229 g/mol. The van der Waals surface area contributed by atoms with Crippen LogP contribution in [0.2, 0.25) is 5.02 Å². The van der Waals surface area contributed by atoms with Gasteiger partial charge >= 0.3 is 0 Å². The third kappa shape index (κ3) is 2.25. The van der Waals surface area contributed by atoms with Gasteiger partial charge in [0.2, 0.25) is 0 Å². The van der Waals surface area contributed by atoms with Crippen LogP contribution < -0.4 is 0 Å². The molecule has 1 heterocycles. The van der Waals surface area contributed by atoms with E-state index in [0.29, 0.717) is 5.25 Å². The molecule has 14 heavy (non-hydrogen) atoms. The Hall–Kier alpha value is -0.180. The van der Waals surface area contributed by atoms with Gasteiger partial charge in [-0.15, -0.1) is 0 Å². The minimum absolute atomic E-state index is 0.334. The third-order valence-corrected chi connectivity index (χ3v) is 4.23. The molecule has 0 bridgehead atoms. The highest BCUT2D eigenvalue weighted by atomic mass is 35.5. The summed E-state index contributed by atoms with van der Waals surface area (Å²) >= 11 is 7.66. The number of halogens is 1. The molecule has 0 spiro atoms. The Kier molecular flexibility index (Phi) is 3.37. The van der Waals surface area contributed by atoms with Gasteiger partial charge in [0, 0.05) is 10.3 Å². The van der Waals surface area contributed by atoms with Crippen molar-refractivity contribution < 1.29 is 5.11 Å². The molecular weight excluding hydrogens is 216 g/mol. The zero-order valence-electron chi connectivity index (χ0n) is 7.82. The van der Waals surface area contributed by atoms with E-state index in [1.165, 1.54) is 12.2 Å². The van der Waals surface area contributed by atoms with E-state index in [0.717, 1.165) is 17.0 Å². The van der Waals surface area contributed by atoms with Gasteiger partial charge in [-0.05, 0) is 36.3 Å².